The molecule has 1 unspecified atom stereocenters. The van der Waals surface area contributed by atoms with Crippen LogP contribution >= 0.6 is 11.8 Å². The summed E-state index contributed by atoms with van der Waals surface area (Å²) >= 11 is 1.23. The molecule has 2 heterocycles. The van der Waals surface area contributed by atoms with Crippen LogP contribution in [0.4, 0.5) is 0 Å². The van der Waals surface area contributed by atoms with Gasteiger partial charge in [0.05, 0.1) is 5.37 Å². The number of thioether (sulfide) groups is 1. The molecule has 3 rings (SSSR count). The number of carboxylic acids is 1. The van der Waals surface area contributed by atoms with E-state index in [0.29, 0.717) is 0 Å². The summed E-state index contributed by atoms with van der Waals surface area (Å²) < 4.78 is 0. The molecule has 1 saturated heterocycles. The highest BCUT2D eigenvalue weighted by Crippen LogP contribution is 2.43. The van der Waals surface area contributed by atoms with Crippen molar-refractivity contribution in [2.24, 2.45) is 11.7 Å². The fourth-order valence-corrected chi connectivity index (χ4v) is 3.97. The minimum atomic E-state index is -1.21. The molecule has 6 nitrogen and oxygen atoms in total. The summed E-state index contributed by atoms with van der Waals surface area (Å²) in [6, 6.07) is 9.15. The molecule has 3 N–H and O–H groups in total. The van der Waals surface area contributed by atoms with Crippen LogP contribution in [0.2, 0.25) is 0 Å². The Balaban J connectivity index is 1.78. The molecule has 0 saturated carbocycles. The summed E-state index contributed by atoms with van der Waals surface area (Å²) in [5.41, 5.74) is 6.48. The van der Waals surface area contributed by atoms with Crippen molar-refractivity contribution in [3.63, 3.8) is 0 Å². The van der Waals surface area contributed by atoms with Crippen molar-refractivity contribution in [2.75, 3.05) is 0 Å². The Bertz CT molecular complexity index is 673. The lowest BCUT2D eigenvalue weighted by atomic mass is 9.88. The van der Waals surface area contributed by atoms with Crippen LogP contribution in [-0.4, -0.2) is 38.4 Å². The van der Waals surface area contributed by atoms with Gasteiger partial charge in [-0.2, -0.15) is 0 Å². The Morgan fingerprint density at radius 2 is 1.95 bits per heavy atom. The number of nitrogens with two attached hydrogens (primary N) is 1. The molecule has 0 bridgehead atoms. The molecule has 1 aromatic rings. The Morgan fingerprint density at radius 3 is 2.59 bits per heavy atom. The van der Waals surface area contributed by atoms with E-state index in [2.05, 4.69) is 0 Å². The third kappa shape index (κ3) is 2.42. The van der Waals surface area contributed by atoms with Crippen LogP contribution in [0.1, 0.15) is 5.56 Å². The normalized spacial score (nSPS) is 26.8. The molecule has 0 aliphatic carbocycles. The highest BCUT2D eigenvalue weighted by molar-refractivity contribution is 8.00. The standard InChI is InChI=1S/C15H14N2O4S/c16-11-7-9(15(20)21)17-13(19)12(14(17)22-11)10(18)6-8-4-2-1-3-5-8/h1-5,7,11-12,14H,6,16H2,(H,20,21)/t11?,12-,14-/m1/s1. The second-order valence-corrected chi connectivity index (χ2v) is 6.46. The SMILES string of the molecule is NC1C=C(C(=O)O)N2C(=O)[C@@H](C(=O)Cc3ccccc3)[C@H]2S1. The second-order valence-electron chi connectivity index (χ2n) is 5.16. The minimum absolute atomic E-state index is 0.134. The first-order valence-electron chi connectivity index (χ1n) is 6.75. The number of β-lactam (4-membered cyclic amide) rings is 1. The predicted molar refractivity (Wildman–Crippen MR) is 80.6 cm³/mol. The molecular formula is C15H14N2O4S. The van der Waals surface area contributed by atoms with Crippen molar-refractivity contribution in [1.82, 2.24) is 4.90 Å². The molecule has 3 atom stereocenters. The van der Waals surface area contributed by atoms with Gasteiger partial charge < -0.3 is 10.8 Å². The predicted octanol–water partition coefficient (Wildman–Crippen LogP) is 0.583. The molecule has 0 spiro atoms. The summed E-state index contributed by atoms with van der Waals surface area (Å²) in [6.45, 7) is 0. The molecule has 114 valence electrons. The van der Waals surface area contributed by atoms with Crippen LogP contribution in [0.5, 0.6) is 0 Å². The number of benzene rings is 1. The Labute approximate surface area is 131 Å². The van der Waals surface area contributed by atoms with E-state index in [4.69, 9.17) is 10.8 Å². The number of carbonyl (C=O) groups is 3. The van der Waals surface area contributed by atoms with Gasteiger partial charge in [-0.05, 0) is 11.6 Å². The highest BCUT2D eigenvalue weighted by atomic mass is 32.2. The number of amides is 1. The number of hydrogen-bond acceptors (Lipinski definition) is 5. The number of fused-ring (bicyclic) bond motifs is 1. The summed E-state index contributed by atoms with van der Waals surface area (Å²) in [6.07, 6.45) is 1.49. The van der Waals surface area contributed by atoms with Crippen molar-refractivity contribution >= 4 is 29.4 Å². The molecule has 2 aliphatic heterocycles. The summed E-state index contributed by atoms with van der Waals surface area (Å²) in [5, 5.41) is 8.09. The highest BCUT2D eigenvalue weighted by Gasteiger charge is 2.56. The number of carboxylic acid groups (broad SMARTS) is 1. The van der Waals surface area contributed by atoms with E-state index >= 15 is 0 Å². The van der Waals surface area contributed by atoms with Crippen LogP contribution in [0.15, 0.2) is 42.1 Å². The van der Waals surface area contributed by atoms with Crippen LogP contribution < -0.4 is 5.73 Å². The molecule has 22 heavy (non-hydrogen) atoms. The summed E-state index contributed by atoms with van der Waals surface area (Å²) in [5.74, 6) is -2.69. The van der Waals surface area contributed by atoms with Gasteiger partial charge in [0.15, 0.2) is 5.78 Å². The maximum Gasteiger partial charge on any atom is 0.352 e. The number of aliphatic carboxylic acids is 1. The van der Waals surface area contributed by atoms with E-state index in [-0.39, 0.29) is 17.9 Å². The summed E-state index contributed by atoms with van der Waals surface area (Å²) in [4.78, 5) is 36.9. The van der Waals surface area contributed by atoms with Gasteiger partial charge in [0.25, 0.3) is 0 Å². The molecular weight excluding hydrogens is 304 g/mol. The number of carbonyl (C=O) groups excluding carboxylic acids is 2. The number of rotatable bonds is 4. The van der Waals surface area contributed by atoms with Gasteiger partial charge in [-0.25, -0.2) is 4.79 Å². The molecule has 2 aliphatic rings. The van der Waals surface area contributed by atoms with Crippen molar-refractivity contribution in [2.45, 2.75) is 17.2 Å². The third-order valence-electron chi connectivity index (χ3n) is 3.71. The van der Waals surface area contributed by atoms with Crippen LogP contribution in [-0.2, 0) is 20.8 Å². The van der Waals surface area contributed by atoms with E-state index in [1.165, 1.54) is 17.8 Å². The van der Waals surface area contributed by atoms with Gasteiger partial charge in [0.1, 0.15) is 17.0 Å². The quantitative estimate of drug-likeness (QED) is 0.622. The first-order valence-corrected chi connectivity index (χ1v) is 7.69. The molecule has 0 aromatic heterocycles. The largest absolute Gasteiger partial charge is 0.477 e. The van der Waals surface area contributed by atoms with E-state index in [9.17, 15) is 14.4 Å². The number of nitrogens with zero attached hydrogens (tertiary/aromatic N) is 1. The number of hydrogen-bond donors (Lipinski definition) is 2. The van der Waals surface area contributed by atoms with Crippen LogP contribution in [0.3, 0.4) is 0 Å². The lowest BCUT2D eigenvalue weighted by molar-refractivity contribution is -0.156. The van der Waals surface area contributed by atoms with Gasteiger partial charge in [-0.1, -0.05) is 30.3 Å². The lowest BCUT2D eigenvalue weighted by Gasteiger charge is -2.48. The Kier molecular flexibility index (Phi) is 3.76. The van der Waals surface area contributed by atoms with Gasteiger partial charge >= 0.3 is 5.97 Å². The second kappa shape index (κ2) is 5.58. The van der Waals surface area contributed by atoms with Gasteiger partial charge in [-0.15, -0.1) is 11.8 Å². The van der Waals surface area contributed by atoms with Crippen molar-refractivity contribution in [3.8, 4) is 0 Å². The van der Waals surface area contributed by atoms with Crippen LogP contribution in [0.25, 0.3) is 0 Å². The van der Waals surface area contributed by atoms with E-state index in [0.717, 1.165) is 10.5 Å². The zero-order valence-corrected chi connectivity index (χ0v) is 12.3. The van der Waals surface area contributed by atoms with Gasteiger partial charge in [0, 0.05) is 6.42 Å². The molecule has 1 aromatic carbocycles. The molecule has 7 heteroatoms. The van der Waals surface area contributed by atoms with Crippen molar-refractivity contribution in [3.05, 3.63) is 47.7 Å². The number of ketones is 1. The van der Waals surface area contributed by atoms with E-state index in [1.807, 2.05) is 30.3 Å². The average molecular weight is 318 g/mol. The third-order valence-corrected chi connectivity index (χ3v) is 4.92. The molecule has 1 fully saturated rings. The van der Waals surface area contributed by atoms with Crippen LogP contribution in [0, 0.1) is 5.92 Å². The van der Waals surface area contributed by atoms with Gasteiger partial charge in [0.2, 0.25) is 5.91 Å². The topological polar surface area (TPSA) is 101 Å². The lowest BCUT2D eigenvalue weighted by Crippen LogP contribution is -2.64. The summed E-state index contributed by atoms with van der Waals surface area (Å²) in [7, 11) is 0. The van der Waals surface area contributed by atoms with E-state index < -0.39 is 28.5 Å². The maximum absolute atomic E-state index is 12.4. The maximum atomic E-state index is 12.4. The first-order chi connectivity index (χ1) is 10.5. The zero-order chi connectivity index (χ0) is 15.9. The average Bonchev–Trinajstić information content (AvgIpc) is 2.47. The minimum Gasteiger partial charge on any atom is -0.477 e. The Morgan fingerprint density at radius 1 is 1.27 bits per heavy atom. The fraction of sp³-hybridized carbons (Fsp3) is 0.267. The smallest absolute Gasteiger partial charge is 0.352 e. The molecule has 1 amide bonds. The Hall–Kier alpha value is -2.12. The van der Waals surface area contributed by atoms with E-state index in [1.54, 1.807) is 0 Å². The van der Waals surface area contributed by atoms with Crippen molar-refractivity contribution in [1.29, 1.82) is 0 Å². The number of Topliss-reactive ketones (excluding diaryl/α,β-unsaturated/α-hetero) is 1. The molecule has 0 radical (unpaired) electrons. The first kappa shape index (κ1) is 14.8. The van der Waals surface area contributed by atoms with Crippen molar-refractivity contribution < 1.29 is 19.5 Å². The fourth-order valence-electron chi connectivity index (χ4n) is 2.67. The van der Waals surface area contributed by atoms with Gasteiger partial charge in [-0.3, -0.25) is 14.5 Å². The zero-order valence-electron chi connectivity index (χ0n) is 11.5. The monoisotopic (exact) mass is 318 g/mol.